The van der Waals surface area contributed by atoms with E-state index in [9.17, 15) is 4.79 Å². The lowest BCUT2D eigenvalue weighted by molar-refractivity contribution is 0.251. The average Bonchev–Trinajstić information content (AvgIpc) is 3.34. The Morgan fingerprint density at radius 2 is 1.80 bits per heavy atom. The van der Waals surface area contributed by atoms with E-state index in [0.717, 1.165) is 31.4 Å². The second-order valence-corrected chi connectivity index (χ2v) is 7.17. The molecule has 0 saturated heterocycles. The second kappa shape index (κ2) is 6.89. The van der Waals surface area contributed by atoms with Crippen LogP contribution in [0.5, 0.6) is 0 Å². The molecule has 130 valence electrons. The molecule has 0 heterocycles. The molecule has 0 unspecified atom stereocenters. The summed E-state index contributed by atoms with van der Waals surface area (Å²) < 4.78 is 0. The molecule has 2 aromatic rings. The number of aryl methyl sites for hydroxylation is 1. The van der Waals surface area contributed by atoms with Gasteiger partial charge in [0, 0.05) is 23.8 Å². The van der Waals surface area contributed by atoms with E-state index in [4.69, 9.17) is 0 Å². The quantitative estimate of drug-likeness (QED) is 0.763. The van der Waals surface area contributed by atoms with Crippen LogP contribution in [0.2, 0.25) is 0 Å². The highest BCUT2D eigenvalue weighted by Gasteiger charge is 2.24. The zero-order valence-corrected chi connectivity index (χ0v) is 14.6. The Labute approximate surface area is 149 Å². The Morgan fingerprint density at radius 3 is 2.56 bits per heavy atom. The fourth-order valence-electron chi connectivity index (χ4n) is 3.56. The molecule has 2 atom stereocenters. The average molecular weight is 335 g/mol. The normalized spacial score (nSPS) is 20.0. The number of anilines is 1. The van der Waals surface area contributed by atoms with Crippen molar-refractivity contribution < 1.29 is 4.79 Å². The van der Waals surface area contributed by atoms with Crippen LogP contribution in [0.15, 0.2) is 48.5 Å². The van der Waals surface area contributed by atoms with Crippen molar-refractivity contribution in [3.05, 3.63) is 65.2 Å². The number of amides is 2. The monoisotopic (exact) mass is 335 g/mol. The summed E-state index contributed by atoms with van der Waals surface area (Å²) in [6.45, 7) is 2.20. The van der Waals surface area contributed by atoms with E-state index in [1.165, 1.54) is 16.7 Å². The highest BCUT2D eigenvalue weighted by Crippen LogP contribution is 2.32. The number of nitrogens with one attached hydrogen (secondary N) is 3. The van der Waals surface area contributed by atoms with Gasteiger partial charge in [-0.1, -0.05) is 36.4 Å². The SMILES string of the molecule is C[C@@H](N[C@H]1CCc2ccccc21)c1ccc(NC(=O)NC2CC2)cc1. The maximum Gasteiger partial charge on any atom is 0.319 e. The molecule has 4 rings (SSSR count). The zero-order chi connectivity index (χ0) is 17.2. The summed E-state index contributed by atoms with van der Waals surface area (Å²) in [6.07, 6.45) is 4.50. The zero-order valence-electron chi connectivity index (χ0n) is 14.6. The van der Waals surface area contributed by atoms with Gasteiger partial charge in [-0.15, -0.1) is 0 Å². The first-order valence-electron chi connectivity index (χ1n) is 9.20. The van der Waals surface area contributed by atoms with Gasteiger partial charge >= 0.3 is 6.03 Å². The van der Waals surface area contributed by atoms with Crippen LogP contribution < -0.4 is 16.0 Å². The molecule has 2 aliphatic rings. The van der Waals surface area contributed by atoms with E-state index in [0.29, 0.717) is 12.1 Å². The van der Waals surface area contributed by atoms with Gasteiger partial charge in [-0.05, 0) is 61.4 Å². The van der Waals surface area contributed by atoms with Crippen LogP contribution in [0.3, 0.4) is 0 Å². The summed E-state index contributed by atoms with van der Waals surface area (Å²) in [5.74, 6) is 0. The predicted molar refractivity (Wildman–Crippen MR) is 101 cm³/mol. The maximum atomic E-state index is 11.8. The lowest BCUT2D eigenvalue weighted by Gasteiger charge is -2.21. The largest absolute Gasteiger partial charge is 0.335 e. The van der Waals surface area contributed by atoms with Crippen LogP contribution in [0.25, 0.3) is 0 Å². The molecule has 3 N–H and O–H groups in total. The van der Waals surface area contributed by atoms with E-state index >= 15 is 0 Å². The number of hydrogen-bond donors (Lipinski definition) is 3. The Hall–Kier alpha value is -2.33. The van der Waals surface area contributed by atoms with Gasteiger partial charge in [0.05, 0.1) is 0 Å². The molecule has 0 spiro atoms. The van der Waals surface area contributed by atoms with Crippen molar-refractivity contribution in [1.82, 2.24) is 10.6 Å². The number of hydrogen-bond acceptors (Lipinski definition) is 2. The highest BCUT2D eigenvalue weighted by molar-refractivity contribution is 5.89. The van der Waals surface area contributed by atoms with E-state index in [1.54, 1.807) is 0 Å². The minimum atomic E-state index is -0.107. The molecule has 0 aromatic heterocycles. The first-order valence-corrected chi connectivity index (χ1v) is 9.20. The molecule has 2 amide bonds. The Kier molecular flexibility index (Phi) is 4.45. The highest BCUT2D eigenvalue weighted by atomic mass is 16.2. The lowest BCUT2D eigenvalue weighted by Crippen LogP contribution is -2.30. The predicted octanol–water partition coefficient (Wildman–Crippen LogP) is 4.31. The number of carbonyl (C=O) groups is 1. The topological polar surface area (TPSA) is 53.2 Å². The molecule has 2 aliphatic carbocycles. The van der Waals surface area contributed by atoms with Gasteiger partial charge < -0.3 is 16.0 Å². The van der Waals surface area contributed by atoms with Crippen LogP contribution in [-0.2, 0) is 6.42 Å². The van der Waals surface area contributed by atoms with Crippen LogP contribution in [0, 0.1) is 0 Å². The molecule has 0 aliphatic heterocycles. The first kappa shape index (κ1) is 16.2. The minimum Gasteiger partial charge on any atom is -0.335 e. The van der Waals surface area contributed by atoms with Crippen molar-refractivity contribution in [2.24, 2.45) is 0 Å². The van der Waals surface area contributed by atoms with Gasteiger partial charge in [0.2, 0.25) is 0 Å². The number of carbonyl (C=O) groups excluding carboxylic acids is 1. The van der Waals surface area contributed by atoms with E-state index < -0.39 is 0 Å². The standard InChI is InChI=1S/C21H25N3O/c1-14(22-20-13-8-16-4-2-3-5-19(16)20)15-6-9-17(10-7-15)23-21(25)24-18-11-12-18/h2-7,9-10,14,18,20,22H,8,11-13H2,1H3,(H2,23,24,25)/t14-,20+/m1/s1. The van der Waals surface area contributed by atoms with Gasteiger partial charge in [0.1, 0.15) is 0 Å². The molecule has 25 heavy (non-hydrogen) atoms. The molecule has 4 heteroatoms. The Morgan fingerprint density at radius 1 is 1.04 bits per heavy atom. The fraction of sp³-hybridized carbons (Fsp3) is 0.381. The molecular formula is C21H25N3O. The van der Waals surface area contributed by atoms with Crippen molar-refractivity contribution >= 4 is 11.7 Å². The summed E-state index contributed by atoms with van der Waals surface area (Å²) >= 11 is 0. The van der Waals surface area contributed by atoms with Gasteiger partial charge in [-0.3, -0.25) is 0 Å². The summed E-state index contributed by atoms with van der Waals surface area (Å²) in [4.78, 5) is 11.8. The molecule has 4 nitrogen and oxygen atoms in total. The summed E-state index contributed by atoms with van der Waals surface area (Å²) in [7, 11) is 0. The second-order valence-electron chi connectivity index (χ2n) is 7.17. The van der Waals surface area contributed by atoms with E-state index in [-0.39, 0.29) is 12.1 Å². The van der Waals surface area contributed by atoms with Crippen LogP contribution in [-0.4, -0.2) is 12.1 Å². The smallest absolute Gasteiger partial charge is 0.319 e. The van der Waals surface area contributed by atoms with Crippen molar-refractivity contribution in [2.75, 3.05) is 5.32 Å². The molecule has 0 radical (unpaired) electrons. The molecule has 0 bridgehead atoms. The summed E-state index contributed by atoms with van der Waals surface area (Å²) in [5.41, 5.74) is 4.97. The van der Waals surface area contributed by atoms with Crippen molar-refractivity contribution in [1.29, 1.82) is 0 Å². The van der Waals surface area contributed by atoms with Crippen molar-refractivity contribution in [3.8, 4) is 0 Å². The van der Waals surface area contributed by atoms with E-state index in [2.05, 4.69) is 59.3 Å². The Balaban J connectivity index is 1.36. The van der Waals surface area contributed by atoms with Crippen LogP contribution in [0.1, 0.15) is 55.0 Å². The Bertz CT molecular complexity index is 752. The number of urea groups is 1. The van der Waals surface area contributed by atoms with Crippen molar-refractivity contribution in [2.45, 2.75) is 50.7 Å². The summed E-state index contributed by atoms with van der Waals surface area (Å²) in [6, 6.07) is 17.8. The molecule has 1 fully saturated rings. The number of rotatable bonds is 5. The summed E-state index contributed by atoms with van der Waals surface area (Å²) in [5, 5.41) is 9.58. The lowest BCUT2D eigenvalue weighted by atomic mass is 10.0. The van der Waals surface area contributed by atoms with Gasteiger partial charge in [0.25, 0.3) is 0 Å². The third-order valence-electron chi connectivity index (χ3n) is 5.17. The number of fused-ring (bicyclic) bond motifs is 1. The molecule has 1 saturated carbocycles. The third-order valence-corrected chi connectivity index (χ3v) is 5.17. The number of benzene rings is 2. The fourth-order valence-corrected chi connectivity index (χ4v) is 3.56. The first-order chi connectivity index (χ1) is 12.2. The molecular weight excluding hydrogens is 310 g/mol. The van der Waals surface area contributed by atoms with Crippen LogP contribution in [0.4, 0.5) is 10.5 Å². The molecule has 2 aromatic carbocycles. The minimum absolute atomic E-state index is 0.107. The van der Waals surface area contributed by atoms with Gasteiger partial charge in [0.15, 0.2) is 0 Å². The van der Waals surface area contributed by atoms with Crippen LogP contribution >= 0.6 is 0 Å². The van der Waals surface area contributed by atoms with Gasteiger partial charge in [-0.25, -0.2) is 4.79 Å². The van der Waals surface area contributed by atoms with E-state index in [1.807, 2.05) is 12.1 Å². The van der Waals surface area contributed by atoms with Gasteiger partial charge in [-0.2, -0.15) is 0 Å². The maximum absolute atomic E-state index is 11.8. The third kappa shape index (κ3) is 3.85. The van der Waals surface area contributed by atoms with Crippen molar-refractivity contribution in [3.63, 3.8) is 0 Å².